The summed E-state index contributed by atoms with van der Waals surface area (Å²) in [6.07, 6.45) is 0. The molecule has 222 valence electrons. The summed E-state index contributed by atoms with van der Waals surface area (Å²) in [7, 11) is 0. The van der Waals surface area contributed by atoms with E-state index < -0.39 is 39.4 Å². The zero-order chi connectivity index (χ0) is 31.6. The van der Waals surface area contributed by atoms with E-state index in [1.165, 1.54) is 24.3 Å². The van der Waals surface area contributed by atoms with E-state index in [-0.39, 0.29) is 17.2 Å². The second kappa shape index (κ2) is 10.0. The second-order valence-corrected chi connectivity index (χ2v) is 11.9. The zero-order valence-electron chi connectivity index (χ0n) is 24.4. The molecule has 1 saturated carbocycles. The maximum absolute atomic E-state index is 15.8. The highest BCUT2D eigenvalue weighted by atomic mass is 16.6. The number of imide groups is 1. The summed E-state index contributed by atoms with van der Waals surface area (Å²) in [6.45, 7) is 0. The standard InChI is InChI=1S/C39H26N2O5/c42-35-33-34(36(43)40(35)29-22-13-23-30(24-29)41(45)46)39(28-20-11-4-12-21-28)32(26-16-7-2-8-17-26)31(25-14-5-1-6-15-25)38(33,37(39)44)27-18-9-3-10-19-27/h1-24,33-34H/t33-,34+,38-,39+. The Morgan fingerprint density at radius 1 is 0.543 bits per heavy atom. The molecule has 2 aliphatic carbocycles. The minimum atomic E-state index is -1.53. The molecule has 0 unspecified atom stereocenters. The van der Waals surface area contributed by atoms with E-state index in [1.54, 1.807) is 0 Å². The molecule has 0 aromatic heterocycles. The summed E-state index contributed by atoms with van der Waals surface area (Å²) in [5.41, 5.74) is 1.02. The molecule has 8 rings (SSSR count). The van der Waals surface area contributed by atoms with Crippen molar-refractivity contribution in [3.05, 3.63) is 178 Å². The van der Waals surface area contributed by atoms with Gasteiger partial charge in [0.25, 0.3) is 5.69 Å². The minimum absolute atomic E-state index is 0.111. The van der Waals surface area contributed by atoms with Crippen LogP contribution in [0.3, 0.4) is 0 Å². The zero-order valence-corrected chi connectivity index (χ0v) is 24.4. The number of nitro groups is 1. The van der Waals surface area contributed by atoms with E-state index in [0.717, 1.165) is 16.0 Å². The number of rotatable bonds is 6. The third kappa shape index (κ3) is 3.39. The maximum atomic E-state index is 15.8. The fourth-order valence-electron chi connectivity index (χ4n) is 8.33. The molecular weight excluding hydrogens is 576 g/mol. The Hall–Kier alpha value is -5.95. The summed E-state index contributed by atoms with van der Waals surface area (Å²) < 4.78 is 0. The van der Waals surface area contributed by atoms with E-state index in [4.69, 9.17) is 0 Å². The van der Waals surface area contributed by atoms with Gasteiger partial charge in [0.2, 0.25) is 11.8 Å². The number of carbonyl (C=O) groups is 3. The van der Waals surface area contributed by atoms with Crippen molar-refractivity contribution in [2.45, 2.75) is 10.8 Å². The molecule has 0 N–H and O–H groups in total. The van der Waals surface area contributed by atoms with Gasteiger partial charge in [0.15, 0.2) is 5.78 Å². The monoisotopic (exact) mass is 602 g/mol. The van der Waals surface area contributed by atoms with Crippen LogP contribution >= 0.6 is 0 Å². The van der Waals surface area contributed by atoms with Crippen LogP contribution in [-0.4, -0.2) is 22.5 Å². The Kier molecular flexibility index (Phi) is 6.02. The molecular formula is C39H26N2O5. The number of anilines is 1. The predicted molar refractivity (Wildman–Crippen MR) is 174 cm³/mol. The highest BCUT2D eigenvalue weighted by Gasteiger charge is 2.82. The minimum Gasteiger partial charge on any atom is -0.297 e. The second-order valence-electron chi connectivity index (χ2n) is 11.9. The van der Waals surface area contributed by atoms with Gasteiger partial charge in [-0.25, -0.2) is 4.90 Å². The third-order valence-corrected chi connectivity index (χ3v) is 9.88. The molecule has 3 aliphatic rings. The van der Waals surface area contributed by atoms with E-state index in [2.05, 4.69) is 0 Å². The first-order valence-electron chi connectivity index (χ1n) is 15.1. The molecule has 1 heterocycles. The van der Waals surface area contributed by atoms with Crippen LogP contribution in [0.25, 0.3) is 11.1 Å². The summed E-state index contributed by atoms with van der Waals surface area (Å²) in [5, 5.41) is 11.7. The number of amides is 2. The fraction of sp³-hybridized carbons (Fsp3) is 0.103. The van der Waals surface area contributed by atoms with Gasteiger partial charge in [-0.15, -0.1) is 0 Å². The van der Waals surface area contributed by atoms with Crippen LogP contribution in [0.1, 0.15) is 22.3 Å². The van der Waals surface area contributed by atoms with E-state index in [9.17, 15) is 19.7 Å². The van der Waals surface area contributed by atoms with Gasteiger partial charge in [0, 0.05) is 12.1 Å². The van der Waals surface area contributed by atoms with Crippen molar-refractivity contribution in [1.29, 1.82) is 0 Å². The number of hydrogen-bond acceptors (Lipinski definition) is 5. The number of nitro benzene ring substituents is 1. The van der Waals surface area contributed by atoms with Crippen molar-refractivity contribution in [2.75, 3.05) is 4.90 Å². The molecule has 46 heavy (non-hydrogen) atoms. The number of benzene rings is 5. The maximum Gasteiger partial charge on any atom is 0.271 e. The number of fused-ring (bicyclic) bond motifs is 5. The fourth-order valence-corrected chi connectivity index (χ4v) is 8.33. The Bertz CT molecular complexity index is 1980. The molecule has 1 aliphatic heterocycles. The first-order chi connectivity index (χ1) is 22.4. The van der Waals surface area contributed by atoms with Crippen LogP contribution < -0.4 is 4.90 Å². The topological polar surface area (TPSA) is 97.6 Å². The molecule has 0 spiro atoms. The smallest absolute Gasteiger partial charge is 0.271 e. The van der Waals surface area contributed by atoms with Gasteiger partial charge in [-0.05, 0) is 39.5 Å². The molecule has 5 aromatic carbocycles. The first-order valence-corrected chi connectivity index (χ1v) is 15.1. The van der Waals surface area contributed by atoms with Gasteiger partial charge in [0.05, 0.1) is 33.3 Å². The average molecular weight is 603 g/mol. The van der Waals surface area contributed by atoms with Crippen LogP contribution in [0.15, 0.2) is 146 Å². The Morgan fingerprint density at radius 3 is 1.37 bits per heavy atom. The lowest BCUT2D eigenvalue weighted by Crippen LogP contribution is -2.45. The van der Waals surface area contributed by atoms with Gasteiger partial charge in [-0.1, -0.05) is 127 Å². The van der Waals surface area contributed by atoms with Crippen molar-refractivity contribution in [3.8, 4) is 0 Å². The molecule has 5 aromatic rings. The van der Waals surface area contributed by atoms with Gasteiger partial charge in [0.1, 0.15) is 0 Å². The van der Waals surface area contributed by atoms with Gasteiger partial charge in [-0.3, -0.25) is 24.5 Å². The predicted octanol–water partition coefficient (Wildman–Crippen LogP) is 6.78. The van der Waals surface area contributed by atoms with Crippen molar-refractivity contribution in [3.63, 3.8) is 0 Å². The largest absolute Gasteiger partial charge is 0.297 e. The normalized spacial score (nSPS) is 24.9. The summed E-state index contributed by atoms with van der Waals surface area (Å²) in [5.74, 6) is -3.52. The van der Waals surface area contributed by atoms with Crippen LogP contribution in [0.5, 0.6) is 0 Å². The van der Waals surface area contributed by atoms with Crippen molar-refractivity contribution in [2.24, 2.45) is 11.8 Å². The number of Topliss-reactive ketones (excluding diaryl/α,β-unsaturated/α-hetero) is 1. The SMILES string of the molecule is O=C1[C@@H]2[C@H](C(=O)N1c1cccc([N+](=O)[O-])c1)[C@]1(c3ccccc3)C(=O)[C@@]2(c2ccccc2)C(c2ccccc2)=C1c1ccccc1. The first kappa shape index (κ1) is 27.6. The Morgan fingerprint density at radius 2 is 0.957 bits per heavy atom. The van der Waals surface area contributed by atoms with Gasteiger partial charge >= 0.3 is 0 Å². The molecule has 7 nitrogen and oxygen atoms in total. The van der Waals surface area contributed by atoms with Crippen LogP contribution in [0.4, 0.5) is 11.4 Å². The lowest BCUT2D eigenvalue weighted by Gasteiger charge is -2.39. The van der Waals surface area contributed by atoms with Crippen molar-refractivity contribution < 1.29 is 19.3 Å². The molecule has 1 saturated heterocycles. The Balaban J connectivity index is 1.53. The molecule has 2 bridgehead atoms. The van der Waals surface area contributed by atoms with E-state index >= 15 is 4.79 Å². The number of nitrogens with zero attached hydrogens (tertiary/aromatic N) is 2. The number of allylic oxidation sites excluding steroid dienone is 2. The molecule has 2 fully saturated rings. The average Bonchev–Trinajstić information content (AvgIpc) is 3.62. The van der Waals surface area contributed by atoms with Gasteiger partial charge < -0.3 is 0 Å². The summed E-state index contributed by atoms with van der Waals surface area (Å²) >= 11 is 0. The lowest BCUT2D eigenvalue weighted by atomic mass is 9.59. The van der Waals surface area contributed by atoms with Gasteiger partial charge in [-0.2, -0.15) is 0 Å². The summed E-state index contributed by atoms with van der Waals surface area (Å²) in [6, 6.07) is 43.3. The van der Waals surface area contributed by atoms with Crippen LogP contribution in [0, 0.1) is 22.0 Å². The molecule has 7 heteroatoms. The van der Waals surface area contributed by atoms with Crippen LogP contribution in [0.2, 0.25) is 0 Å². The van der Waals surface area contributed by atoms with Crippen molar-refractivity contribution in [1.82, 2.24) is 0 Å². The molecule has 4 atom stereocenters. The highest BCUT2D eigenvalue weighted by Crippen LogP contribution is 2.74. The number of carbonyl (C=O) groups excluding carboxylic acids is 3. The van der Waals surface area contributed by atoms with Crippen LogP contribution in [-0.2, 0) is 25.2 Å². The third-order valence-electron chi connectivity index (χ3n) is 9.88. The number of hydrogen-bond donors (Lipinski definition) is 0. The van der Waals surface area contributed by atoms with Crippen molar-refractivity contribution >= 4 is 40.1 Å². The summed E-state index contributed by atoms with van der Waals surface area (Å²) in [4.78, 5) is 57.9. The number of ketones is 1. The quantitative estimate of drug-likeness (QED) is 0.121. The lowest BCUT2D eigenvalue weighted by molar-refractivity contribution is -0.384. The highest BCUT2D eigenvalue weighted by molar-refractivity contribution is 6.39. The molecule has 0 radical (unpaired) electrons. The Labute approximate surface area is 264 Å². The van der Waals surface area contributed by atoms with E-state index in [0.29, 0.717) is 22.3 Å². The number of non-ortho nitro benzene ring substituents is 1. The molecule has 2 amide bonds. The van der Waals surface area contributed by atoms with E-state index in [1.807, 2.05) is 121 Å².